The van der Waals surface area contributed by atoms with Crippen molar-refractivity contribution in [2.45, 2.75) is 6.42 Å². The minimum Gasteiger partial charge on any atom is -0.504 e. The van der Waals surface area contributed by atoms with Crippen LogP contribution in [0.3, 0.4) is 0 Å². The Balaban J connectivity index is 2.35. The predicted octanol–water partition coefficient (Wildman–Crippen LogP) is 0.447. The third-order valence-electron chi connectivity index (χ3n) is 1.98. The molecule has 0 saturated carbocycles. The predicted molar refractivity (Wildman–Crippen MR) is 59.8 cm³/mol. The molecule has 1 aromatic carbocycles. The third-order valence-corrected chi connectivity index (χ3v) is 1.98. The lowest BCUT2D eigenvalue weighted by atomic mass is 10.1. The van der Waals surface area contributed by atoms with E-state index >= 15 is 0 Å². The molecule has 0 spiro atoms. The normalized spacial score (nSPS) is 9.75. The monoisotopic (exact) mass is 222 g/mol. The van der Waals surface area contributed by atoms with Gasteiger partial charge >= 0.3 is 0 Å². The Bertz CT molecular complexity index is 391. The molecule has 16 heavy (non-hydrogen) atoms. The van der Waals surface area contributed by atoms with Crippen LogP contribution in [0.2, 0.25) is 0 Å². The van der Waals surface area contributed by atoms with E-state index in [1.54, 1.807) is 6.07 Å². The summed E-state index contributed by atoms with van der Waals surface area (Å²) in [5.41, 5.74) is 5.97. The average Bonchev–Trinajstić information content (AvgIpc) is 2.28. The van der Waals surface area contributed by atoms with Gasteiger partial charge in [0.25, 0.3) is 5.91 Å². The summed E-state index contributed by atoms with van der Waals surface area (Å²) in [5.74, 6) is -0.585. The van der Waals surface area contributed by atoms with Crippen LogP contribution in [0.15, 0.2) is 30.9 Å². The van der Waals surface area contributed by atoms with Crippen molar-refractivity contribution in [2.24, 2.45) is 0 Å². The van der Waals surface area contributed by atoms with Crippen molar-refractivity contribution in [1.82, 2.24) is 10.9 Å². The smallest absolute Gasteiger partial charge is 0.257 e. The number of rotatable bonds is 5. The number of phenols is 2. The second-order valence-corrected chi connectivity index (χ2v) is 3.19. The van der Waals surface area contributed by atoms with E-state index in [4.69, 9.17) is 5.11 Å². The van der Waals surface area contributed by atoms with Crippen LogP contribution in [0.5, 0.6) is 11.5 Å². The van der Waals surface area contributed by atoms with Gasteiger partial charge < -0.3 is 10.2 Å². The van der Waals surface area contributed by atoms with Gasteiger partial charge in [0.15, 0.2) is 11.5 Å². The van der Waals surface area contributed by atoms with Crippen molar-refractivity contribution in [3.63, 3.8) is 0 Å². The largest absolute Gasteiger partial charge is 0.504 e. The van der Waals surface area contributed by atoms with Gasteiger partial charge in [0.05, 0.1) is 0 Å². The molecule has 1 aromatic rings. The maximum Gasteiger partial charge on any atom is 0.257 e. The number of carbonyl (C=O) groups excluding carboxylic acids is 1. The number of phenolic OH excluding ortho intramolecular Hbond substituents is 2. The second-order valence-electron chi connectivity index (χ2n) is 3.19. The molecule has 0 atom stereocenters. The topological polar surface area (TPSA) is 81.6 Å². The van der Waals surface area contributed by atoms with Crippen LogP contribution < -0.4 is 10.9 Å². The second kappa shape index (κ2) is 5.77. The van der Waals surface area contributed by atoms with E-state index < -0.39 is 0 Å². The molecular weight excluding hydrogens is 208 g/mol. The summed E-state index contributed by atoms with van der Waals surface area (Å²) in [6.07, 6.45) is 1.78. The first-order valence-electron chi connectivity index (χ1n) is 4.79. The molecule has 0 bridgehead atoms. The maximum atomic E-state index is 10.8. The van der Waals surface area contributed by atoms with Gasteiger partial charge in [-0.05, 0) is 30.2 Å². The summed E-state index contributed by atoms with van der Waals surface area (Å²) in [7, 11) is 0. The van der Waals surface area contributed by atoms with Gasteiger partial charge in [-0.15, -0.1) is 0 Å². The molecule has 0 aliphatic heterocycles. The number of hydrogen-bond acceptors (Lipinski definition) is 4. The Hall–Kier alpha value is -2.01. The van der Waals surface area contributed by atoms with Gasteiger partial charge in [0, 0.05) is 6.54 Å². The van der Waals surface area contributed by atoms with Gasteiger partial charge in [-0.2, -0.15) is 0 Å². The van der Waals surface area contributed by atoms with Crippen LogP contribution in [-0.4, -0.2) is 22.7 Å². The molecule has 0 fully saturated rings. The van der Waals surface area contributed by atoms with E-state index in [1.807, 2.05) is 0 Å². The lowest BCUT2D eigenvalue weighted by molar-refractivity contribution is -0.117. The minimum atomic E-state index is -0.298. The summed E-state index contributed by atoms with van der Waals surface area (Å²) >= 11 is 0. The zero-order valence-electron chi connectivity index (χ0n) is 8.73. The van der Waals surface area contributed by atoms with Gasteiger partial charge in [-0.3, -0.25) is 10.2 Å². The first-order chi connectivity index (χ1) is 7.63. The van der Waals surface area contributed by atoms with E-state index in [0.29, 0.717) is 13.0 Å². The number of hydrazine groups is 1. The molecule has 0 saturated heterocycles. The van der Waals surface area contributed by atoms with E-state index in [0.717, 1.165) is 5.56 Å². The Morgan fingerprint density at radius 1 is 1.38 bits per heavy atom. The van der Waals surface area contributed by atoms with E-state index in [9.17, 15) is 9.90 Å². The fourth-order valence-electron chi connectivity index (χ4n) is 1.13. The molecule has 0 aromatic heterocycles. The molecule has 86 valence electrons. The highest BCUT2D eigenvalue weighted by Crippen LogP contribution is 2.24. The number of benzene rings is 1. The summed E-state index contributed by atoms with van der Waals surface area (Å²) in [6.45, 7) is 3.82. The van der Waals surface area contributed by atoms with E-state index in [1.165, 1.54) is 18.2 Å². The fraction of sp³-hybridized carbons (Fsp3) is 0.182. The highest BCUT2D eigenvalue weighted by atomic mass is 16.3. The van der Waals surface area contributed by atoms with Gasteiger partial charge in [0.1, 0.15) is 0 Å². The Morgan fingerprint density at radius 2 is 2.12 bits per heavy atom. The van der Waals surface area contributed by atoms with E-state index in [2.05, 4.69) is 17.4 Å². The van der Waals surface area contributed by atoms with Crippen molar-refractivity contribution in [1.29, 1.82) is 0 Å². The lowest BCUT2D eigenvalue weighted by Gasteiger charge is -2.06. The molecular formula is C11H14N2O3. The Labute approximate surface area is 93.4 Å². The lowest BCUT2D eigenvalue weighted by Crippen LogP contribution is -2.37. The summed E-state index contributed by atoms with van der Waals surface area (Å²) in [6, 6.07) is 4.60. The highest BCUT2D eigenvalue weighted by molar-refractivity contribution is 5.86. The van der Waals surface area contributed by atoms with Crippen LogP contribution in [0.25, 0.3) is 0 Å². The minimum absolute atomic E-state index is 0.142. The molecule has 1 rings (SSSR count). The highest BCUT2D eigenvalue weighted by Gasteiger charge is 2.00. The Kier molecular flexibility index (Phi) is 4.35. The number of amides is 1. The zero-order chi connectivity index (χ0) is 12.0. The maximum absolute atomic E-state index is 10.8. The van der Waals surface area contributed by atoms with Crippen molar-refractivity contribution >= 4 is 5.91 Å². The fourth-order valence-corrected chi connectivity index (χ4v) is 1.13. The molecule has 1 amide bonds. The van der Waals surface area contributed by atoms with Crippen molar-refractivity contribution in [3.05, 3.63) is 36.4 Å². The molecule has 0 radical (unpaired) electrons. The summed E-state index contributed by atoms with van der Waals surface area (Å²) < 4.78 is 0. The number of carbonyl (C=O) groups is 1. The van der Waals surface area contributed by atoms with Crippen LogP contribution in [0, 0.1) is 0 Å². The van der Waals surface area contributed by atoms with Gasteiger partial charge in [-0.1, -0.05) is 12.6 Å². The molecule has 5 heteroatoms. The first kappa shape index (κ1) is 12.1. The molecule has 0 aliphatic rings. The van der Waals surface area contributed by atoms with Crippen molar-refractivity contribution in [2.75, 3.05) is 6.54 Å². The number of aromatic hydroxyl groups is 2. The first-order valence-corrected chi connectivity index (χ1v) is 4.79. The van der Waals surface area contributed by atoms with Crippen molar-refractivity contribution < 1.29 is 15.0 Å². The standard InChI is InChI=1S/C11H14N2O3/c1-2-11(16)13-12-6-5-8-3-4-9(14)10(15)7-8/h2-4,7,12,14-15H,1,5-6H2,(H,13,16). The molecule has 4 N–H and O–H groups in total. The van der Waals surface area contributed by atoms with Crippen LogP contribution >= 0.6 is 0 Å². The quantitative estimate of drug-likeness (QED) is 0.252. The molecule has 0 unspecified atom stereocenters. The van der Waals surface area contributed by atoms with Crippen LogP contribution in [0.4, 0.5) is 0 Å². The van der Waals surface area contributed by atoms with Crippen LogP contribution in [-0.2, 0) is 11.2 Å². The third kappa shape index (κ3) is 3.62. The van der Waals surface area contributed by atoms with Gasteiger partial charge in [0.2, 0.25) is 0 Å². The average molecular weight is 222 g/mol. The van der Waals surface area contributed by atoms with Crippen molar-refractivity contribution in [3.8, 4) is 11.5 Å². The SMILES string of the molecule is C=CC(=O)NNCCc1ccc(O)c(O)c1. The number of hydrogen-bond donors (Lipinski definition) is 4. The summed E-state index contributed by atoms with van der Waals surface area (Å²) in [5, 5.41) is 18.3. The number of nitrogens with one attached hydrogen (secondary N) is 2. The van der Waals surface area contributed by atoms with Gasteiger partial charge in [-0.25, -0.2) is 5.43 Å². The summed E-state index contributed by atoms with van der Waals surface area (Å²) in [4.78, 5) is 10.8. The zero-order valence-corrected chi connectivity index (χ0v) is 8.73. The van der Waals surface area contributed by atoms with E-state index in [-0.39, 0.29) is 17.4 Å². The molecule has 0 aliphatic carbocycles. The molecule has 0 heterocycles. The van der Waals surface area contributed by atoms with Crippen LogP contribution in [0.1, 0.15) is 5.56 Å². The Morgan fingerprint density at radius 3 is 2.75 bits per heavy atom. The molecule has 5 nitrogen and oxygen atoms in total.